The summed E-state index contributed by atoms with van der Waals surface area (Å²) in [6, 6.07) is 12.6. The van der Waals surface area contributed by atoms with Gasteiger partial charge in [-0.2, -0.15) is 0 Å². The number of hydrogen-bond donors (Lipinski definition) is 2. The molecule has 0 saturated heterocycles. The average molecular weight is 475 g/mol. The van der Waals surface area contributed by atoms with E-state index < -0.39 is 34.2 Å². The van der Waals surface area contributed by atoms with Crippen molar-refractivity contribution in [3.63, 3.8) is 0 Å². The molecule has 0 fully saturated rings. The zero-order valence-electron chi connectivity index (χ0n) is 17.5. The molecule has 0 aliphatic heterocycles. The second-order valence-electron chi connectivity index (χ2n) is 7.12. The Balaban J connectivity index is 1.72. The molecule has 0 aliphatic carbocycles. The average Bonchev–Trinajstić information content (AvgIpc) is 2.77. The Labute approximate surface area is 189 Å². The van der Waals surface area contributed by atoms with Crippen LogP contribution >= 0.6 is 0 Å². The smallest absolute Gasteiger partial charge is 0.244 e. The van der Waals surface area contributed by atoms with Gasteiger partial charge in [-0.25, -0.2) is 26.6 Å². The number of sulfonamides is 1. The molecular weight excluding hydrogens is 455 g/mol. The third kappa shape index (κ3) is 6.91. The standard InChI is InChI=1S/C23H20F3N3O3S/c1-33(31,32)29-21-9-5-15(11-20(21)26)14-27-22(30)10-7-16-6-8-19(13-24)28-23(16)17-3-2-4-18(25)12-17/h2-12,29H,13-14H2,1H3,(H,27,30)/b10-7+. The lowest BCUT2D eigenvalue weighted by Gasteiger charge is -2.09. The summed E-state index contributed by atoms with van der Waals surface area (Å²) >= 11 is 0. The molecule has 3 rings (SSSR count). The fourth-order valence-electron chi connectivity index (χ4n) is 2.95. The van der Waals surface area contributed by atoms with Crippen molar-refractivity contribution in [3.8, 4) is 11.3 Å². The third-order valence-corrected chi connectivity index (χ3v) is 5.02. The number of nitrogens with zero attached hydrogens (tertiary/aromatic N) is 1. The Hall–Kier alpha value is -3.66. The predicted octanol–water partition coefficient (Wildman–Crippen LogP) is 4.20. The van der Waals surface area contributed by atoms with Crippen LogP contribution < -0.4 is 10.0 Å². The van der Waals surface area contributed by atoms with Crippen LogP contribution in [-0.4, -0.2) is 25.6 Å². The minimum atomic E-state index is -3.62. The molecule has 0 spiro atoms. The quantitative estimate of drug-likeness (QED) is 0.478. The number of nitrogens with one attached hydrogen (secondary N) is 2. The van der Waals surface area contributed by atoms with Crippen molar-refractivity contribution in [2.75, 3.05) is 11.0 Å². The molecule has 3 aromatic rings. The molecule has 33 heavy (non-hydrogen) atoms. The van der Waals surface area contributed by atoms with Crippen LogP contribution in [0.25, 0.3) is 17.3 Å². The van der Waals surface area contributed by atoms with E-state index >= 15 is 0 Å². The molecule has 1 heterocycles. The Bertz CT molecular complexity index is 1310. The minimum absolute atomic E-state index is 0.00492. The van der Waals surface area contributed by atoms with Crippen LogP contribution in [0.1, 0.15) is 16.8 Å². The van der Waals surface area contributed by atoms with E-state index in [4.69, 9.17) is 0 Å². The number of amides is 1. The number of rotatable bonds is 8. The van der Waals surface area contributed by atoms with Gasteiger partial charge in [-0.1, -0.05) is 24.3 Å². The first-order valence-electron chi connectivity index (χ1n) is 9.68. The number of carbonyl (C=O) groups is 1. The maximum atomic E-state index is 14.1. The van der Waals surface area contributed by atoms with E-state index in [-0.39, 0.29) is 17.9 Å². The molecule has 1 amide bonds. The topological polar surface area (TPSA) is 88.2 Å². The summed E-state index contributed by atoms with van der Waals surface area (Å²) in [6.07, 6.45) is 3.60. The first-order chi connectivity index (χ1) is 15.6. The second-order valence-corrected chi connectivity index (χ2v) is 8.87. The highest BCUT2D eigenvalue weighted by Crippen LogP contribution is 2.24. The van der Waals surface area contributed by atoms with Crippen LogP contribution in [-0.2, 0) is 28.0 Å². The number of anilines is 1. The van der Waals surface area contributed by atoms with Crippen LogP contribution in [0, 0.1) is 11.6 Å². The summed E-state index contributed by atoms with van der Waals surface area (Å²) in [7, 11) is -3.62. The molecule has 0 bridgehead atoms. The molecule has 0 saturated carbocycles. The van der Waals surface area contributed by atoms with E-state index in [2.05, 4.69) is 15.0 Å². The molecule has 1 aromatic heterocycles. The molecule has 0 atom stereocenters. The van der Waals surface area contributed by atoms with E-state index in [1.807, 2.05) is 0 Å². The van der Waals surface area contributed by atoms with E-state index in [1.54, 1.807) is 12.1 Å². The number of hydrogen-bond acceptors (Lipinski definition) is 4. The highest BCUT2D eigenvalue weighted by atomic mass is 32.2. The molecule has 6 nitrogen and oxygen atoms in total. The fourth-order valence-corrected chi connectivity index (χ4v) is 3.52. The molecule has 0 unspecified atom stereocenters. The molecule has 2 N–H and O–H groups in total. The zero-order valence-corrected chi connectivity index (χ0v) is 18.3. The number of halogens is 3. The van der Waals surface area contributed by atoms with Crippen LogP contribution in [0.4, 0.5) is 18.9 Å². The first kappa shape index (κ1) is 24.0. The van der Waals surface area contributed by atoms with E-state index in [1.165, 1.54) is 48.6 Å². The van der Waals surface area contributed by atoms with Crippen molar-refractivity contribution in [1.82, 2.24) is 10.3 Å². The van der Waals surface area contributed by atoms with Crippen LogP contribution in [0.2, 0.25) is 0 Å². The van der Waals surface area contributed by atoms with Gasteiger partial charge in [-0.15, -0.1) is 0 Å². The van der Waals surface area contributed by atoms with Gasteiger partial charge in [0, 0.05) is 23.7 Å². The molecular formula is C23H20F3N3O3S. The summed E-state index contributed by atoms with van der Waals surface area (Å²) in [4.78, 5) is 16.4. The van der Waals surface area contributed by atoms with Crippen molar-refractivity contribution >= 4 is 27.7 Å². The predicted molar refractivity (Wildman–Crippen MR) is 120 cm³/mol. The fraction of sp³-hybridized carbons (Fsp3) is 0.130. The molecule has 0 aliphatic rings. The van der Waals surface area contributed by atoms with Crippen molar-refractivity contribution in [2.24, 2.45) is 0 Å². The van der Waals surface area contributed by atoms with Crippen LogP contribution in [0.3, 0.4) is 0 Å². The van der Waals surface area contributed by atoms with E-state index in [9.17, 15) is 26.4 Å². The molecule has 172 valence electrons. The van der Waals surface area contributed by atoms with Gasteiger partial charge in [0.2, 0.25) is 15.9 Å². The lowest BCUT2D eigenvalue weighted by atomic mass is 10.0. The summed E-state index contributed by atoms with van der Waals surface area (Å²) in [5, 5.41) is 2.58. The second kappa shape index (κ2) is 10.3. The normalized spacial score (nSPS) is 11.5. The summed E-state index contributed by atoms with van der Waals surface area (Å²) in [5.74, 6) is -1.74. The Kier molecular flexibility index (Phi) is 7.49. The van der Waals surface area contributed by atoms with Gasteiger partial charge in [0.1, 0.15) is 18.3 Å². The number of pyridine rings is 1. The van der Waals surface area contributed by atoms with Gasteiger partial charge >= 0.3 is 0 Å². The Morgan fingerprint density at radius 3 is 2.55 bits per heavy atom. The van der Waals surface area contributed by atoms with Crippen molar-refractivity contribution in [2.45, 2.75) is 13.2 Å². The van der Waals surface area contributed by atoms with Crippen molar-refractivity contribution in [1.29, 1.82) is 0 Å². The van der Waals surface area contributed by atoms with Gasteiger partial charge in [0.05, 0.1) is 23.3 Å². The minimum Gasteiger partial charge on any atom is -0.348 e. The Morgan fingerprint density at radius 1 is 1.09 bits per heavy atom. The van der Waals surface area contributed by atoms with Crippen LogP contribution in [0.5, 0.6) is 0 Å². The number of aromatic nitrogens is 1. The molecule has 10 heteroatoms. The summed E-state index contributed by atoms with van der Waals surface area (Å²) < 4.78 is 65.3. The van der Waals surface area contributed by atoms with Crippen LogP contribution in [0.15, 0.2) is 60.7 Å². The largest absolute Gasteiger partial charge is 0.348 e. The zero-order chi connectivity index (χ0) is 24.0. The maximum absolute atomic E-state index is 14.1. The summed E-state index contributed by atoms with van der Waals surface area (Å²) in [5.41, 5.74) is 1.64. The van der Waals surface area contributed by atoms with Gasteiger partial charge in [-0.05, 0) is 42.0 Å². The van der Waals surface area contributed by atoms with Gasteiger partial charge < -0.3 is 5.32 Å². The van der Waals surface area contributed by atoms with E-state index in [0.717, 1.165) is 12.3 Å². The molecule has 0 radical (unpaired) electrons. The third-order valence-electron chi connectivity index (χ3n) is 4.43. The van der Waals surface area contributed by atoms with Gasteiger partial charge in [-0.3, -0.25) is 9.52 Å². The van der Waals surface area contributed by atoms with Gasteiger partial charge in [0.15, 0.2) is 0 Å². The lowest BCUT2D eigenvalue weighted by Crippen LogP contribution is -2.20. The highest BCUT2D eigenvalue weighted by Gasteiger charge is 2.10. The monoisotopic (exact) mass is 475 g/mol. The number of alkyl halides is 1. The van der Waals surface area contributed by atoms with Gasteiger partial charge in [0.25, 0.3) is 0 Å². The number of benzene rings is 2. The summed E-state index contributed by atoms with van der Waals surface area (Å²) in [6.45, 7) is -0.795. The van der Waals surface area contributed by atoms with Crippen molar-refractivity contribution in [3.05, 3.63) is 89.1 Å². The lowest BCUT2D eigenvalue weighted by molar-refractivity contribution is -0.116. The maximum Gasteiger partial charge on any atom is 0.244 e. The van der Waals surface area contributed by atoms with Crippen molar-refractivity contribution < 1.29 is 26.4 Å². The SMILES string of the molecule is CS(=O)(=O)Nc1ccc(CNC(=O)/C=C/c2ccc(CF)nc2-c2cccc(F)c2)cc1F. The molecule has 2 aromatic carbocycles. The van der Waals surface area contributed by atoms with E-state index in [0.29, 0.717) is 22.4 Å². The highest BCUT2D eigenvalue weighted by molar-refractivity contribution is 7.92. The Morgan fingerprint density at radius 2 is 1.88 bits per heavy atom. The number of carbonyl (C=O) groups excluding carboxylic acids is 1. The first-order valence-corrected chi connectivity index (χ1v) is 11.6.